The Morgan fingerprint density at radius 3 is 2.79 bits per heavy atom. The lowest BCUT2D eigenvalue weighted by molar-refractivity contribution is -0.123. The van der Waals surface area contributed by atoms with Crippen LogP contribution in [0.3, 0.4) is 0 Å². The quantitative estimate of drug-likeness (QED) is 0.714. The van der Waals surface area contributed by atoms with Gasteiger partial charge in [-0.05, 0) is 55.7 Å². The van der Waals surface area contributed by atoms with Gasteiger partial charge in [0.25, 0.3) is 0 Å². The summed E-state index contributed by atoms with van der Waals surface area (Å²) < 4.78 is 18.8. The smallest absolute Gasteiger partial charge is 0.220 e. The van der Waals surface area contributed by atoms with Crippen LogP contribution in [0.15, 0.2) is 18.2 Å². The monoisotopic (exact) mass is 390 g/mol. The molecule has 2 N–H and O–H groups in total. The van der Waals surface area contributed by atoms with Gasteiger partial charge in [0.15, 0.2) is 11.6 Å². The Hall–Kier alpha value is -2.11. The number of methoxy groups -OCH3 is 1. The molecule has 0 bridgehead atoms. The molecule has 2 amide bonds. The van der Waals surface area contributed by atoms with Crippen molar-refractivity contribution in [2.75, 3.05) is 13.7 Å². The predicted octanol–water partition coefficient (Wildman–Crippen LogP) is 3.50. The Balaban J connectivity index is 1.57. The van der Waals surface area contributed by atoms with E-state index in [2.05, 4.69) is 10.6 Å². The van der Waals surface area contributed by atoms with Gasteiger partial charge >= 0.3 is 0 Å². The van der Waals surface area contributed by atoms with E-state index < -0.39 is 11.4 Å². The van der Waals surface area contributed by atoms with Crippen molar-refractivity contribution in [1.82, 2.24) is 10.6 Å². The van der Waals surface area contributed by atoms with E-state index in [4.69, 9.17) is 4.74 Å². The summed E-state index contributed by atoms with van der Waals surface area (Å²) in [7, 11) is 1.44. The van der Waals surface area contributed by atoms with Gasteiger partial charge in [0.05, 0.1) is 7.11 Å². The maximum atomic E-state index is 13.7. The molecule has 1 aromatic rings. The van der Waals surface area contributed by atoms with Crippen LogP contribution in [-0.2, 0) is 16.0 Å². The van der Waals surface area contributed by atoms with Crippen molar-refractivity contribution in [1.29, 1.82) is 0 Å². The summed E-state index contributed by atoms with van der Waals surface area (Å²) in [4.78, 5) is 24.3. The second kappa shape index (κ2) is 9.39. The SMILES string of the molecule is COc1cc(C[C@]2(CCC(=O)NCC3CCCCC3)CCC(=O)N2)ccc1F. The van der Waals surface area contributed by atoms with Gasteiger partial charge in [0.1, 0.15) is 0 Å². The number of hydrogen-bond acceptors (Lipinski definition) is 3. The summed E-state index contributed by atoms with van der Waals surface area (Å²) in [6, 6.07) is 4.77. The van der Waals surface area contributed by atoms with E-state index in [0.29, 0.717) is 38.0 Å². The molecule has 28 heavy (non-hydrogen) atoms. The molecule has 154 valence electrons. The van der Waals surface area contributed by atoms with Crippen LogP contribution in [0.4, 0.5) is 4.39 Å². The van der Waals surface area contributed by atoms with Gasteiger partial charge in [-0.15, -0.1) is 0 Å². The number of rotatable bonds is 8. The third-order valence-corrected chi connectivity index (χ3v) is 6.14. The summed E-state index contributed by atoms with van der Waals surface area (Å²) in [6.07, 6.45) is 8.89. The van der Waals surface area contributed by atoms with Crippen molar-refractivity contribution in [3.8, 4) is 5.75 Å². The maximum absolute atomic E-state index is 13.7. The second-order valence-corrected chi connectivity index (χ2v) is 8.28. The van der Waals surface area contributed by atoms with Crippen LogP contribution in [0.5, 0.6) is 5.75 Å². The summed E-state index contributed by atoms with van der Waals surface area (Å²) in [5.41, 5.74) is 0.435. The topological polar surface area (TPSA) is 67.4 Å². The molecule has 5 nitrogen and oxygen atoms in total. The van der Waals surface area contributed by atoms with Crippen LogP contribution in [0.1, 0.15) is 63.4 Å². The molecule has 0 unspecified atom stereocenters. The molecule has 1 atom stereocenters. The molecule has 3 rings (SSSR count). The summed E-state index contributed by atoms with van der Waals surface area (Å²) in [6.45, 7) is 0.757. The third kappa shape index (κ3) is 5.46. The Morgan fingerprint density at radius 2 is 2.11 bits per heavy atom. The molecule has 1 aliphatic heterocycles. The van der Waals surface area contributed by atoms with Crippen molar-refractivity contribution < 1.29 is 18.7 Å². The van der Waals surface area contributed by atoms with Crippen LogP contribution in [-0.4, -0.2) is 31.0 Å². The number of carbonyl (C=O) groups is 2. The number of benzene rings is 1. The number of hydrogen-bond donors (Lipinski definition) is 2. The van der Waals surface area contributed by atoms with Crippen molar-refractivity contribution in [3.63, 3.8) is 0 Å². The second-order valence-electron chi connectivity index (χ2n) is 8.28. The van der Waals surface area contributed by atoms with Gasteiger partial charge in [-0.2, -0.15) is 0 Å². The zero-order valence-corrected chi connectivity index (χ0v) is 16.7. The lowest BCUT2D eigenvalue weighted by Crippen LogP contribution is -2.44. The molecule has 0 spiro atoms. The van der Waals surface area contributed by atoms with Gasteiger partial charge in [-0.1, -0.05) is 25.3 Å². The lowest BCUT2D eigenvalue weighted by atomic mass is 9.84. The van der Waals surface area contributed by atoms with E-state index in [9.17, 15) is 14.0 Å². The molecule has 1 aliphatic carbocycles. The minimum absolute atomic E-state index is 0.0108. The van der Waals surface area contributed by atoms with Gasteiger partial charge in [-0.25, -0.2) is 4.39 Å². The van der Waals surface area contributed by atoms with Crippen LogP contribution in [0.2, 0.25) is 0 Å². The zero-order valence-electron chi connectivity index (χ0n) is 16.7. The van der Waals surface area contributed by atoms with Crippen molar-refractivity contribution >= 4 is 11.8 Å². The van der Waals surface area contributed by atoms with E-state index in [0.717, 1.165) is 12.1 Å². The molecule has 2 aliphatic rings. The standard InChI is InChI=1S/C22H31FN2O3/c1-28-19-13-17(7-8-18(19)23)14-22(12-10-21(27)25-22)11-9-20(26)24-15-16-5-3-2-4-6-16/h7-8,13,16H,2-6,9-12,14-15H2,1H3,(H,24,26)(H,25,27)/t22-/m0/s1. The van der Waals surface area contributed by atoms with E-state index in [1.807, 2.05) is 0 Å². The van der Waals surface area contributed by atoms with Gasteiger partial charge < -0.3 is 15.4 Å². The zero-order chi connectivity index (χ0) is 20.0. The van der Waals surface area contributed by atoms with Crippen molar-refractivity contribution in [2.24, 2.45) is 5.92 Å². The normalized spacial score (nSPS) is 22.7. The number of halogens is 1. The molecular weight excluding hydrogens is 359 g/mol. The Labute approximate surface area is 166 Å². The predicted molar refractivity (Wildman–Crippen MR) is 106 cm³/mol. The number of amides is 2. The van der Waals surface area contributed by atoms with Gasteiger partial charge in [0, 0.05) is 24.9 Å². The van der Waals surface area contributed by atoms with E-state index in [1.165, 1.54) is 45.3 Å². The molecule has 0 radical (unpaired) electrons. The van der Waals surface area contributed by atoms with E-state index in [-0.39, 0.29) is 17.6 Å². The van der Waals surface area contributed by atoms with Gasteiger partial charge in [0.2, 0.25) is 11.8 Å². The largest absolute Gasteiger partial charge is 0.494 e. The summed E-state index contributed by atoms with van der Waals surface area (Å²) in [5.74, 6) is 0.448. The molecule has 1 aromatic carbocycles. The molecule has 2 fully saturated rings. The number of carbonyl (C=O) groups excluding carboxylic acids is 2. The highest BCUT2D eigenvalue weighted by Gasteiger charge is 2.38. The number of nitrogens with one attached hydrogen (secondary N) is 2. The average Bonchev–Trinajstić information content (AvgIpc) is 3.08. The number of ether oxygens (including phenoxy) is 1. The maximum Gasteiger partial charge on any atom is 0.220 e. The molecule has 1 saturated carbocycles. The molecule has 6 heteroatoms. The summed E-state index contributed by atoms with van der Waals surface area (Å²) >= 11 is 0. The van der Waals surface area contributed by atoms with Crippen molar-refractivity contribution in [2.45, 2.75) is 69.7 Å². The van der Waals surface area contributed by atoms with Crippen LogP contribution < -0.4 is 15.4 Å². The first-order valence-electron chi connectivity index (χ1n) is 10.4. The van der Waals surface area contributed by atoms with Crippen LogP contribution in [0.25, 0.3) is 0 Å². The Kier molecular flexibility index (Phi) is 6.92. The lowest BCUT2D eigenvalue weighted by Gasteiger charge is -2.30. The van der Waals surface area contributed by atoms with Crippen molar-refractivity contribution in [3.05, 3.63) is 29.6 Å². The van der Waals surface area contributed by atoms with E-state index in [1.54, 1.807) is 12.1 Å². The highest BCUT2D eigenvalue weighted by Crippen LogP contribution is 2.31. The molecular formula is C22H31FN2O3. The molecule has 1 saturated heterocycles. The average molecular weight is 390 g/mol. The van der Waals surface area contributed by atoms with Gasteiger partial charge in [-0.3, -0.25) is 9.59 Å². The Morgan fingerprint density at radius 1 is 1.32 bits per heavy atom. The molecule has 1 heterocycles. The van der Waals surface area contributed by atoms with Crippen LogP contribution >= 0.6 is 0 Å². The highest BCUT2D eigenvalue weighted by atomic mass is 19.1. The fourth-order valence-electron chi connectivity index (χ4n) is 4.48. The molecule has 0 aromatic heterocycles. The minimum Gasteiger partial charge on any atom is -0.494 e. The first-order chi connectivity index (χ1) is 13.5. The highest BCUT2D eigenvalue weighted by molar-refractivity contribution is 5.80. The first kappa shape index (κ1) is 20.6. The third-order valence-electron chi connectivity index (χ3n) is 6.14. The first-order valence-corrected chi connectivity index (χ1v) is 10.4. The van der Waals surface area contributed by atoms with E-state index >= 15 is 0 Å². The minimum atomic E-state index is -0.456. The summed E-state index contributed by atoms with van der Waals surface area (Å²) in [5, 5.41) is 6.15. The fraction of sp³-hybridized carbons (Fsp3) is 0.636. The Bertz CT molecular complexity index is 703. The fourth-order valence-corrected chi connectivity index (χ4v) is 4.48. The van der Waals surface area contributed by atoms with Crippen LogP contribution in [0, 0.1) is 11.7 Å².